The molecule has 1 atom stereocenters. The summed E-state index contributed by atoms with van der Waals surface area (Å²) in [4.78, 5) is 26.9. The molecular formula is C14H16N2O3. The largest absolute Gasteiger partial charge is 0.490 e. The summed E-state index contributed by atoms with van der Waals surface area (Å²) in [5, 5.41) is 0. The number of urea groups is 1. The molecule has 2 heterocycles. The summed E-state index contributed by atoms with van der Waals surface area (Å²) in [6.07, 6.45) is 0.266. The van der Waals surface area contributed by atoms with Crippen LogP contribution in [-0.4, -0.2) is 42.4 Å². The van der Waals surface area contributed by atoms with Crippen molar-refractivity contribution < 1.29 is 14.3 Å². The first kappa shape index (κ1) is 12.0. The summed E-state index contributed by atoms with van der Waals surface area (Å²) in [6.45, 7) is 2.33. The summed E-state index contributed by atoms with van der Waals surface area (Å²) in [5.41, 5.74) is 1.38. The van der Waals surface area contributed by atoms with Crippen molar-refractivity contribution in [2.75, 3.05) is 20.7 Å². The average molecular weight is 260 g/mol. The predicted octanol–water partition coefficient (Wildman–Crippen LogP) is 1.50. The zero-order valence-electron chi connectivity index (χ0n) is 11.3. The molecule has 1 spiro atoms. The SMILES string of the molecule is Cc1ccc2c(c1)OCC21CC(=O)N(C)C(=O)N1C. The van der Waals surface area contributed by atoms with E-state index < -0.39 is 5.54 Å². The Labute approximate surface area is 111 Å². The van der Waals surface area contributed by atoms with Crippen LogP contribution in [0.15, 0.2) is 18.2 Å². The number of carbonyl (C=O) groups excluding carboxylic acids is 2. The summed E-state index contributed by atoms with van der Waals surface area (Å²) < 4.78 is 5.71. The second kappa shape index (κ2) is 3.73. The smallest absolute Gasteiger partial charge is 0.327 e. The van der Waals surface area contributed by atoms with E-state index in [1.165, 1.54) is 7.05 Å². The maximum absolute atomic E-state index is 12.1. The highest BCUT2D eigenvalue weighted by Gasteiger charge is 2.52. The molecule has 19 heavy (non-hydrogen) atoms. The molecule has 0 saturated carbocycles. The molecule has 5 nitrogen and oxygen atoms in total. The van der Waals surface area contributed by atoms with Crippen LogP contribution in [0.25, 0.3) is 0 Å². The van der Waals surface area contributed by atoms with E-state index >= 15 is 0 Å². The molecule has 0 bridgehead atoms. The number of carbonyl (C=O) groups is 2. The van der Waals surface area contributed by atoms with Crippen molar-refractivity contribution in [2.24, 2.45) is 0 Å². The molecule has 1 saturated heterocycles. The number of benzene rings is 1. The van der Waals surface area contributed by atoms with E-state index in [2.05, 4.69) is 0 Å². The third kappa shape index (κ3) is 1.47. The zero-order chi connectivity index (χ0) is 13.8. The van der Waals surface area contributed by atoms with E-state index in [0.29, 0.717) is 6.61 Å². The summed E-state index contributed by atoms with van der Waals surface area (Å²) >= 11 is 0. The van der Waals surface area contributed by atoms with Crippen LogP contribution in [0.4, 0.5) is 4.79 Å². The first-order chi connectivity index (χ1) is 8.95. The van der Waals surface area contributed by atoms with Crippen molar-refractivity contribution in [3.63, 3.8) is 0 Å². The van der Waals surface area contributed by atoms with Gasteiger partial charge in [-0.1, -0.05) is 12.1 Å². The summed E-state index contributed by atoms with van der Waals surface area (Å²) in [5.74, 6) is 0.608. The number of hydrogen-bond donors (Lipinski definition) is 0. The summed E-state index contributed by atoms with van der Waals surface area (Å²) in [7, 11) is 3.24. The highest BCUT2D eigenvalue weighted by molar-refractivity contribution is 5.98. The Morgan fingerprint density at radius 1 is 1.26 bits per heavy atom. The Balaban J connectivity index is 2.11. The molecule has 0 aliphatic carbocycles. The average Bonchev–Trinajstić information content (AvgIpc) is 2.73. The first-order valence-corrected chi connectivity index (χ1v) is 6.24. The maximum Gasteiger partial charge on any atom is 0.327 e. The van der Waals surface area contributed by atoms with E-state index in [1.807, 2.05) is 25.1 Å². The second-order valence-electron chi connectivity index (χ2n) is 5.29. The predicted molar refractivity (Wildman–Crippen MR) is 68.9 cm³/mol. The number of imide groups is 1. The lowest BCUT2D eigenvalue weighted by Gasteiger charge is -2.43. The van der Waals surface area contributed by atoms with Gasteiger partial charge >= 0.3 is 6.03 Å². The van der Waals surface area contributed by atoms with Gasteiger partial charge in [-0.25, -0.2) is 4.79 Å². The van der Waals surface area contributed by atoms with Crippen LogP contribution in [0.1, 0.15) is 17.5 Å². The molecule has 3 rings (SSSR count). The van der Waals surface area contributed by atoms with Gasteiger partial charge in [0, 0.05) is 19.7 Å². The molecule has 2 aliphatic heterocycles. The number of likely N-dealkylation sites (N-methyl/N-ethyl adjacent to an activating group) is 1. The van der Waals surface area contributed by atoms with Gasteiger partial charge in [0.25, 0.3) is 0 Å². The number of amides is 3. The number of hydrogen-bond acceptors (Lipinski definition) is 3. The lowest BCUT2D eigenvalue weighted by atomic mass is 9.85. The fourth-order valence-corrected chi connectivity index (χ4v) is 2.83. The number of fused-ring (bicyclic) bond motifs is 2. The molecule has 1 aromatic rings. The van der Waals surface area contributed by atoms with Gasteiger partial charge in [0.15, 0.2) is 0 Å². The molecule has 5 heteroatoms. The van der Waals surface area contributed by atoms with Gasteiger partial charge in [-0.2, -0.15) is 0 Å². The lowest BCUT2D eigenvalue weighted by Crippen LogP contribution is -2.60. The quantitative estimate of drug-likeness (QED) is 0.710. The van der Waals surface area contributed by atoms with Crippen LogP contribution in [0, 0.1) is 6.92 Å². The maximum atomic E-state index is 12.1. The fourth-order valence-electron chi connectivity index (χ4n) is 2.83. The second-order valence-corrected chi connectivity index (χ2v) is 5.29. The van der Waals surface area contributed by atoms with Crippen LogP contribution < -0.4 is 4.74 Å². The van der Waals surface area contributed by atoms with Gasteiger partial charge < -0.3 is 9.64 Å². The Kier molecular flexibility index (Phi) is 2.36. The van der Waals surface area contributed by atoms with Crippen molar-refractivity contribution in [3.8, 4) is 5.75 Å². The van der Waals surface area contributed by atoms with E-state index in [1.54, 1.807) is 11.9 Å². The third-order valence-electron chi connectivity index (χ3n) is 4.14. The van der Waals surface area contributed by atoms with Crippen molar-refractivity contribution >= 4 is 11.9 Å². The van der Waals surface area contributed by atoms with Gasteiger partial charge in [0.05, 0.1) is 6.42 Å². The first-order valence-electron chi connectivity index (χ1n) is 6.24. The Morgan fingerprint density at radius 3 is 2.74 bits per heavy atom. The molecule has 0 aromatic heterocycles. The van der Waals surface area contributed by atoms with E-state index in [0.717, 1.165) is 21.8 Å². The highest BCUT2D eigenvalue weighted by Crippen LogP contribution is 2.45. The number of ether oxygens (including phenoxy) is 1. The molecule has 3 amide bonds. The monoisotopic (exact) mass is 260 g/mol. The van der Waals surface area contributed by atoms with Crippen LogP contribution in [-0.2, 0) is 10.3 Å². The molecular weight excluding hydrogens is 244 g/mol. The molecule has 1 unspecified atom stereocenters. The summed E-state index contributed by atoms with van der Waals surface area (Å²) in [6, 6.07) is 5.61. The molecule has 2 aliphatic rings. The number of nitrogens with zero attached hydrogens (tertiary/aromatic N) is 2. The van der Waals surface area contributed by atoms with Gasteiger partial charge in [0.1, 0.15) is 17.9 Å². The zero-order valence-corrected chi connectivity index (χ0v) is 11.3. The topological polar surface area (TPSA) is 49.9 Å². The van der Waals surface area contributed by atoms with Crippen LogP contribution >= 0.6 is 0 Å². The van der Waals surface area contributed by atoms with E-state index in [-0.39, 0.29) is 18.4 Å². The highest BCUT2D eigenvalue weighted by atomic mass is 16.5. The minimum absolute atomic E-state index is 0.167. The minimum atomic E-state index is -0.649. The number of rotatable bonds is 0. The Bertz CT molecular complexity index is 584. The normalized spacial score (nSPS) is 25.8. The molecule has 0 N–H and O–H groups in total. The lowest BCUT2D eigenvalue weighted by molar-refractivity contribution is -0.134. The van der Waals surface area contributed by atoms with Crippen molar-refractivity contribution in [3.05, 3.63) is 29.3 Å². The molecule has 100 valence electrons. The van der Waals surface area contributed by atoms with E-state index in [9.17, 15) is 9.59 Å². The molecule has 1 fully saturated rings. The third-order valence-corrected chi connectivity index (χ3v) is 4.14. The molecule has 1 aromatic carbocycles. The minimum Gasteiger partial charge on any atom is -0.490 e. The van der Waals surface area contributed by atoms with Gasteiger partial charge in [0.2, 0.25) is 5.91 Å². The molecule has 0 radical (unpaired) electrons. The standard InChI is InChI=1S/C14H16N2O3/c1-9-4-5-10-11(6-9)19-8-14(10)7-12(17)15(2)13(18)16(14)3/h4-6H,7-8H2,1-3H3. The van der Waals surface area contributed by atoms with Crippen LogP contribution in [0.3, 0.4) is 0 Å². The van der Waals surface area contributed by atoms with Crippen LogP contribution in [0.5, 0.6) is 5.75 Å². The van der Waals surface area contributed by atoms with Gasteiger partial charge in [-0.05, 0) is 18.6 Å². The van der Waals surface area contributed by atoms with Gasteiger partial charge in [-0.15, -0.1) is 0 Å². The van der Waals surface area contributed by atoms with Crippen molar-refractivity contribution in [2.45, 2.75) is 18.9 Å². The van der Waals surface area contributed by atoms with Gasteiger partial charge in [-0.3, -0.25) is 9.69 Å². The fraction of sp³-hybridized carbons (Fsp3) is 0.429. The van der Waals surface area contributed by atoms with Crippen LogP contribution in [0.2, 0.25) is 0 Å². The Hall–Kier alpha value is -2.04. The number of aryl methyl sites for hydroxylation is 1. The van der Waals surface area contributed by atoms with E-state index in [4.69, 9.17) is 4.74 Å². The van der Waals surface area contributed by atoms with Crippen molar-refractivity contribution in [1.82, 2.24) is 9.80 Å². The Morgan fingerprint density at radius 2 is 2.00 bits per heavy atom. The van der Waals surface area contributed by atoms with Crippen molar-refractivity contribution in [1.29, 1.82) is 0 Å².